The van der Waals surface area contributed by atoms with Gasteiger partial charge in [0.05, 0.1) is 19.8 Å². The molecular weight excluding hydrogens is 384 g/mol. The van der Waals surface area contributed by atoms with E-state index in [-0.39, 0.29) is 17.7 Å². The monoisotopic (exact) mass is 410 g/mol. The summed E-state index contributed by atoms with van der Waals surface area (Å²) in [5.41, 5.74) is 2.59. The number of fused-ring (bicyclic) bond motifs is 1. The Bertz CT molecular complexity index is 953. The minimum Gasteiger partial charge on any atom is -0.497 e. The summed E-state index contributed by atoms with van der Waals surface area (Å²) in [6.45, 7) is 4.29. The molecule has 1 heterocycles. The maximum atomic E-state index is 13.3. The summed E-state index contributed by atoms with van der Waals surface area (Å²) in [6, 6.07) is 11.2. The van der Waals surface area contributed by atoms with E-state index in [0.717, 1.165) is 11.3 Å². The first-order chi connectivity index (χ1) is 14.3. The van der Waals surface area contributed by atoms with Gasteiger partial charge in [0.25, 0.3) is 5.91 Å². The lowest BCUT2D eigenvalue weighted by molar-refractivity contribution is -0.121. The third-order valence-electron chi connectivity index (χ3n) is 5.23. The number of anilines is 1. The van der Waals surface area contributed by atoms with Crippen molar-refractivity contribution < 1.29 is 23.9 Å². The van der Waals surface area contributed by atoms with Crippen LogP contribution in [0, 0.1) is 5.92 Å². The zero-order valence-electron chi connectivity index (χ0n) is 17.6. The van der Waals surface area contributed by atoms with Crippen LogP contribution in [0.2, 0.25) is 0 Å². The lowest BCUT2D eigenvalue weighted by atomic mass is 10.0. The van der Waals surface area contributed by atoms with Crippen molar-refractivity contribution in [1.29, 1.82) is 0 Å². The smallest absolute Gasteiger partial charge is 0.337 e. The first kappa shape index (κ1) is 21.4. The van der Waals surface area contributed by atoms with Crippen molar-refractivity contribution in [2.24, 2.45) is 5.92 Å². The molecule has 2 aromatic carbocycles. The molecule has 30 heavy (non-hydrogen) atoms. The Morgan fingerprint density at radius 1 is 1.00 bits per heavy atom. The molecule has 0 aromatic heterocycles. The van der Waals surface area contributed by atoms with Crippen LogP contribution in [-0.2, 0) is 16.0 Å². The van der Waals surface area contributed by atoms with Crippen LogP contribution in [0.15, 0.2) is 42.5 Å². The number of esters is 1. The van der Waals surface area contributed by atoms with Gasteiger partial charge in [-0.1, -0.05) is 13.8 Å². The van der Waals surface area contributed by atoms with Crippen LogP contribution in [0.3, 0.4) is 0 Å². The third kappa shape index (κ3) is 4.30. The van der Waals surface area contributed by atoms with Crippen molar-refractivity contribution in [2.45, 2.75) is 26.3 Å². The Hall–Kier alpha value is -3.35. The van der Waals surface area contributed by atoms with E-state index in [4.69, 9.17) is 9.47 Å². The van der Waals surface area contributed by atoms with Gasteiger partial charge >= 0.3 is 5.97 Å². The second-order valence-corrected chi connectivity index (χ2v) is 7.50. The molecule has 7 heteroatoms. The molecule has 0 saturated heterocycles. The summed E-state index contributed by atoms with van der Waals surface area (Å²) >= 11 is 0. The number of carbonyl (C=O) groups is 3. The van der Waals surface area contributed by atoms with Crippen LogP contribution in [0.5, 0.6) is 5.75 Å². The largest absolute Gasteiger partial charge is 0.497 e. The van der Waals surface area contributed by atoms with E-state index >= 15 is 0 Å². The highest BCUT2D eigenvalue weighted by molar-refractivity contribution is 6.04. The van der Waals surface area contributed by atoms with Gasteiger partial charge in [0.2, 0.25) is 5.91 Å². The Labute approximate surface area is 176 Å². The van der Waals surface area contributed by atoms with Gasteiger partial charge in [-0.05, 0) is 60.4 Å². The summed E-state index contributed by atoms with van der Waals surface area (Å²) < 4.78 is 9.88. The predicted molar refractivity (Wildman–Crippen MR) is 113 cm³/mol. The Morgan fingerprint density at radius 2 is 1.67 bits per heavy atom. The van der Waals surface area contributed by atoms with Gasteiger partial charge in [0.1, 0.15) is 11.8 Å². The zero-order chi connectivity index (χ0) is 21.8. The summed E-state index contributed by atoms with van der Waals surface area (Å²) in [6.07, 6.45) is 0.642. The van der Waals surface area contributed by atoms with Crippen LogP contribution in [0.25, 0.3) is 0 Å². The highest BCUT2D eigenvalue weighted by Crippen LogP contribution is 2.30. The molecule has 2 aromatic rings. The fourth-order valence-corrected chi connectivity index (χ4v) is 3.52. The number of hydrogen-bond acceptors (Lipinski definition) is 5. The number of methoxy groups -OCH3 is 2. The molecule has 0 aliphatic carbocycles. The van der Waals surface area contributed by atoms with Crippen molar-refractivity contribution in [3.05, 3.63) is 59.2 Å². The number of nitrogens with one attached hydrogen (secondary N) is 1. The summed E-state index contributed by atoms with van der Waals surface area (Å²) in [7, 11) is 2.90. The highest BCUT2D eigenvalue weighted by Gasteiger charge is 2.33. The molecule has 158 valence electrons. The molecule has 0 bridgehead atoms. The van der Waals surface area contributed by atoms with Crippen molar-refractivity contribution in [3.8, 4) is 5.75 Å². The molecule has 2 amide bonds. The first-order valence-corrected chi connectivity index (χ1v) is 9.83. The van der Waals surface area contributed by atoms with Crippen LogP contribution in [0.1, 0.15) is 40.1 Å². The number of amides is 2. The fourth-order valence-electron chi connectivity index (χ4n) is 3.52. The van der Waals surface area contributed by atoms with Crippen LogP contribution in [-0.4, -0.2) is 44.6 Å². The molecule has 7 nitrogen and oxygen atoms in total. The van der Waals surface area contributed by atoms with Crippen molar-refractivity contribution in [2.75, 3.05) is 25.7 Å². The average Bonchev–Trinajstić information content (AvgIpc) is 3.19. The summed E-state index contributed by atoms with van der Waals surface area (Å²) in [5.74, 6) is -0.336. The van der Waals surface area contributed by atoms with Crippen molar-refractivity contribution in [1.82, 2.24) is 5.32 Å². The van der Waals surface area contributed by atoms with E-state index in [1.165, 1.54) is 7.11 Å². The van der Waals surface area contributed by atoms with Gasteiger partial charge in [-0.2, -0.15) is 0 Å². The molecule has 1 aliphatic heterocycles. The second-order valence-electron chi connectivity index (χ2n) is 7.50. The number of hydrogen-bond donors (Lipinski definition) is 1. The highest BCUT2D eigenvalue weighted by atomic mass is 16.5. The van der Waals surface area contributed by atoms with Crippen LogP contribution >= 0.6 is 0 Å². The molecule has 0 fully saturated rings. The maximum Gasteiger partial charge on any atom is 0.337 e. The van der Waals surface area contributed by atoms with Crippen molar-refractivity contribution in [3.63, 3.8) is 0 Å². The number of carbonyl (C=O) groups excluding carboxylic acids is 3. The van der Waals surface area contributed by atoms with E-state index in [1.807, 2.05) is 13.8 Å². The van der Waals surface area contributed by atoms with Crippen LogP contribution < -0.4 is 15.0 Å². The minimum absolute atomic E-state index is 0.0990. The maximum absolute atomic E-state index is 13.3. The second kappa shape index (κ2) is 8.98. The van der Waals surface area contributed by atoms with Gasteiger partial charge in [-0.15, -0.1) is 0 Å². The number of nitrogens with zero attached hydrogens (tertiary/aromatic N) is 1. The molecule has 1 atom stereocenters. The van der Waals surface area contributed by atoms with Gasteiger partial charge in [0, 0.05) is 17.8 Å². The predicted octanol–water partition coefficient (Wildman–Crippen LogP) is 2.83. The third-order valence-corrected chi connectivity index (χ3v) is 5.23. The molecule has 0 unspecified atom stereocenters. The number of benzene rings is 2. The number of ether oxygens (including phenoxy) is 2. The molecule has 0 spiro atoms. The SMILES string of the molecule is COC(=O)c1ccc2c(c1)CCN2C(=O)[C@@H](NC(=O)c1ccc(OC)cc1)C(C)C. The Kier molecular flexibility index (Phi) is 6.40. The summed E-state index contributed by atoms with van der Waals surface area (Å²) in [5, 5.41) is 2.87. The van der Waals surface area contributed by atoms with Gasteiger partial charge in [0.15, 0.2) is 0 Å². The molecule has 1 N–H and O–H groups in total. The van der Waals surface area contributed by atoms with E-state index < -0.39 is 12.0 Å². The van der Waals surface area contributed by atoms with Gasteiger partial charge in [-0.3, -0.25) is 9.59 Å². The Morgan fingerprint density at radius 3 is 2.27 bits per heavy atom. The van der Waals surface area contributed by atoms with Crippen LogP contribution in [0.4, 0.5) is 5.69 Å². The quantitative estimate of drug-likeness (QED) is 0.741. The lowest BCUT2D eigenvalue weighted by Gasteiger charge is -2.27. The van der Waals surface area contributed by atoms with Crippen molar-refractivity contribution >= 4 is 23.5 Å². The molecule has 0 saturated carbocycles. The Balaban J connectivity index is 1.78. The van der Waals surface area contributed by atoms with E-state index in [9.17, 15) is 14.4 Å². The van der Waals surface area contributed by atoms with Gasteiger partial charge in [-0.25, -0.2) is 4.79 Å². The molecule has 0 radical (unpaired) electrons. The zero-order valence-corrected chi connectivity index (χ0v) is 17.6. The minimum atomic E-state index is -0.675. The number of rotatable bonds is 6. The van der Waals surface area contributed by atoms with E-state index in [2.05, 4.69) is 5.32 Å². The standard InChI is InChI=1S/C23H26N2O5/c1-14(2)20(24-21(26)15-5-8-18(29-3)9-6-15)22(27)25-12-11-16-13-17(23(28)30-4)7-10-19(16)25/h5-10,13-14,20H,11-12H2,1-4H3,(H,24,26)/t20-/m0/s1. The average molecular weight is 410 g/mol. The molecular formula is C23H26N2O5. The molecule has 1 aliphatic rings. The lowest BCUT2D eigenvalue weighted by Crippen LogP contribution is -2.51. The molecule has 3 rings (SSSR count). The summed E-state index contributed by atoms with van der Waals surface area (Å²) in [4.78, 5) is 39.4. The van der Waals surface area contributed by atoms with Gasteiger partial charge < -0.3 is 19.7 Å². The van der Waals surface area contributed by atoms with E-state index in [0.29, 0.717) is 29.8 Å². The van der Waals surface area contributed by atoms with E-state index in [1.54, 1.807) is 54.5 Å². The first-order valence-electron chi connectivity index (χ1n) is 9.83. The normalized spacial score (nSPS) is 13.6. The topological polar surface area (TPSA) is 84.9 Å². The fraction of sp³-hybridized carbons (Fsp3) is 0.348.